The van der Waals surface area contributed by atoms with Crippen LogP contribution in [0.5, 0.6) is 11.5 Å². The van der Waals surface area contributed by atoms with E-state index in [0.29, 0.717) is 11.4 Å². The van der Waals surface area contributed by atoms with Gasteiger partial charge in [-0.1, -0.05) is 18.2 Å². The molecule has 0 radical (unpaired) electrons. The second-order valence-electron chi connectivity index (χ2n) is 6.19. The molecule has 3 rings (SSSR count). The average molecular weight is 375 g/mol. The number of para-hydroxylation sites is 1. The third kappa shape index (κ3) is 3.97. The van der Waals surface area contributed by atoms with Gasteiger partial charge in [0.25, 0.3) is 0 Å². The molecule has 2 aromatic carbocycles. The summed E-state index contributed by atoms with van der Waals surface area (Å²) in [4.78, 5) is 13.5. The predicted octanol–water partition coefficient (Wildman–Crippen LogP) is 2.22. The molecule has 1 aliphatic heterocycles. The van der Waals surface area contributed by atoms with Crippen molar-refractivity contribution in [2.45, 2.75) is 24.2 Å². The van der Waals surface area contributed by atoms with Crippen molar-refractivity contribution in [3.05, 3.63) is 48.0 Å². The molecule has 8 heteroatoms. The number of hydrogen-bond acceptors (Lipinski definition) is 5. The molecule has 2 aromatic rings. The summed E-state index contributed by atoms with van der Waals surface area (Å²) in [6.45, 7) is 1.47. The van der Waals surface area contributed by atoms with Crippen LogP contribution in [0.15, 0.2) is 47.4 Å². The fourth-order valence-electron chi connectivity index (χ4n) is 3.02. The third-order valence-electron chi connectivity index (χ3n) is 4.29. The Bertz CT molecular complexity index is 908. The van der Waals surface area contributed by atoms with Crippen LogP contribution in [0.2, 0.25) is 0 Å². The second kappa shape index (κ2) is 7.35. The maximum Gasteiger partial charge on any atom is 0.248 e. The highest BCUT2D eigenvalue weighted by Gasteiger charge is 2.26. The molecule has 0 saturated carbocycles. The van der Waals surface area contributed by atoms with E-state index in [1.807, 2.05) is 11.0 Å². The zero-order valence-electron chi connectivity index (χ0n) is 14.2. The van der Waals surface area contributed by atoms with Crippen molar-refractivity contribution in [2.24, 2.45) is 10.9 Å². The maximum atomic E-state index is 12.2. The van der Waals surface area contributed by atoms with Crippen LogP contribution in [0.3, 0.4) is 0 Å². The van der Waals surface area contributed by atoms with Crippen LogP contribution < -0.4 is 20.5 Å². The molecule has 0 bridgehead atoms. The number of hydrogen-bond donors (Lipinski definition) is 2. The lowest BCUT2D eigenvalue weighted by Gasteiger charge is -2.31. The number of carbonyl (C=O) groups is 1. The lowest BCUT2D eigenvalue weighted by molar-refractivity contribution is 0.1000. The van der Waals surface area contributed by atoms with E-state index in [9.17, 15) is 13.2 Å². The van der Waals surface area contributed by atoms with Gasteiger partial charge in [-0.3, -0.25) is 4.79 Å². The van der Waals surface area contributed by atoms with Crippen molar-refractivity contribution in [2.75, 3.05) is 18.0 Å². The Kier molecular flexibility index (Phi) is 5.15. The van der Waals surface area contributed by atoms with Gasteiger partial charge in [0, 0.05) is 18.7 Å². The molecule has 4 N–H and O–H groups in total. The fraction of sp³-hybridized carbons (Fsp3) is 0.278. The fourth-order valence-corrected chi connectivity index (χ4v) is 3.72. The standard InChI is InChI=1S/C18H21N3O4S/c19-18(22)13-11-15(21-9-5-2-6-10-21)17(16(12-13)26(20,23)24)25-14-7-3-1-4-8-14/h1,3-4,7-8,11-12H,2,5-6,9-10H2,(H2,19,22)(H2,20,23,24). The Balaban J connectivity index is 2.20. The SMILES string of the molecule is NC(=O)c1cc(N2CCCCC2)c(Oc2ccccc2)c(S(N)(=O)=O)c1. The number of sulfonamides is 1. The number of primary sulfonamides is 1. The predicted molar refractivity (Wildman–Crippen MR) is 98.9 cm³/mol. The summed E-state index contributed by atoms with van der Waals surface area (Å²) in [5, 5.41) is 5.40. The number of primary amides is 1. The van der Waals surface area contributed by atoms with Gasteiger partial charge in [-0.25, -0.2) is 13.6 Å². The van der Waals surface area contributed by atoms with E-state index in [0.717, 1.165) is 32.4 Å². The van der Waals surface area contributed by atoms with Crippen LogP contribution in [0.25, 0.3) is 0 Å². The Labute approximate surface area is 152 Å². The summed E-state index contributed by atoms with van der Waals surface area (Å²) >= 11 is 0. The Morgan fingerprint density at radius 2 is 1.69 bits per heavy atom. The minimum Gasteiger partial charge on any atom is -0.454 e. The normalized spacial score (nSPS) is 14.9. The van der Waals surface area contributed by atoms with E-state index in [4.69, 9.17) is 15.6 Å². The number of carbonyl (C=O) groups excluding carboxylic acids is 1. The van der Waals surface area contributed by atoms with E-state index in [-0.39, 0.29) is 16.2 Å². The van der Waals surface area contributed by atoms with Crippen molar-refractivity contribution in [3.8, 4) is 11.5 Å². The quantitative estimate of drug-likeness (QED) is 0.831. The van der Waals surface area contributed by atoms with E-state index >= 15 is 0 Å². The molecule has 0 unspecified atom stereocenters. The van der Waals surface area contributed by atoms with E-state index in [1.54, 1.807) is 30.3 Å². The highest BCUT2D eigenvalue weighted by molar-refractivity contribution is 7.89. The van der Waals surface area contributed by atoms with E-state index < -0.39 is 15.9 Å². The first-order chi connectivity index (χ1) is 12.4. The van der Waals surface area contributed by atoms with Gasteiger partial charge in [0.05, 0.1) is 5.69 Å². The molecule has 0 aromatic heterocycles. The summed E-state index contributed by atoms with van der Waals surface area (Å²) in [5.74, 6) is -0.132. The molecule has 0 atom stereocenters. The highest BCUT2D eigenvalue weighted by atomic mass is 32.2. The van der Waals surface area contributed by atoms with Crippen LogP contribution in [0.4, 0.5) is 5.69 Å². The molecule has 1 fully saturated rings. The molecule has 0 spiro atoms. The summed E-state index contributed by atoms with van der Waals surface area (Å²) in [6, 6.07) is 11.6. The summed E-state index contributed by atoms with van der Waals surface area (Å²) in [5.41, 5.74) is 5.98. The molecule has 138 valence electrons. The maximum absolute atomic E-state index is 12.2. The van der Waals surface area contributed by atoms with Gasteiger partial charge in [0.1, 0.15) is 10.6 Å². The van der Waals surface area contributed by atoms with Crippen LogP contribution in [-0.2, 0) is 10.0 Å². The first-order valence-corrected chi connectivity index (χ1v) is 9.89. The second-order valence-corrected chi connectivity index (χ2v) is 7.72. The molecule has 1 heterocycles. The minimum absolute atomic E-state index is 0.0787. The molecule has 26 heavy (non-hydrogen) atoms. The molecular formula is C18H21N3O4S. The molecule has 7 nitrogen and oxygen atoms in total. The number of nitrogens with two attached hydrogens (primary N) is 2. The Morgan fingerprint density at radius 3 is 2.27 bits per heavy atom. The average Bonchev–Trinajstić information content (AvgIpc) is 2.62. The van der Waals surface area contributed by atoms with Crippen LogP contribution in [0.1, 0.15) is 29.6 Å². The zero-order chi connectivity index (χ0) is 18.7. The first-order valence-electron chi connectivity index (χ1n) is 8.35. The van der Waals surface area contributed by atoms with E-state index in [2.05, 4.69) is 0 Å². The van der Waals surface area contributed by atoms with Gasteiger partial charge in [0.15, 0.2) is 5.75 Å². The lowest BCUT2D eigenvalue weighted by atomic mass is 10.1. The van der Waals surface area contributed by atoms with Crippen molar-refractivity contribution in [1.82, 2.24) is 0 Å². The number of amides is 1. The van der Waals surface area contributed by atoms with E-state index in [1.165, 1.54) is 6.07 Å². The van der Waals surface area contributed by atoms with Gasteiger partial charge in [-0.15, -0.1) is 0 Å². The van der Waals surface area contributed by atoms with Crippen molar-refractivity contribution in [3.63, 3.8) is 0 Å². The summed E-state index contributed by atoms with van der Waals surface area (Å²) in [7, 11) is -4.13. The van der Waals surface area contributed by atoms with Crippen LogP contribution in [-0.4, -0.2) is 27.4 Å². The molecule has 1 saturated heterocycles. The third-order valence-corrected chi connectivity index (χ3v) is 5.20. The summed E-state index contributed by atoms with van der Waals surface area (Å²) in [6.07, 6.45) is 3.04. The van der Waals surface area contributed by atoms with Gasteiger partial charge < -0.3 is 15.4 Å². The molecule has 1 amide bonds. The first kappa shape index (κ1) is 18.2. The van der Waals surface area contributed by atoms with Gasteiger partial charge >= 0.3 is 0 Å². The number of nitrogens with zero attached hydrogens (tertiary/aromatic N) is 1. The number of benzene rings is 2. The monoisotopic (exact) mass is 375 g/mol. The smallest absolute Gasteiger partial charge is 0.248 e. The van der Waals surface area contributed by atoms with Crippen molar-refractivity contribution >= 4 is 21.6 Å². The Morgan fingerprint density at radius 1 is 1.04 bits per heavy atom. The number of ether oxygens (including phenoxy) is 1. The van der Waals surface area contributed by atoms with Crippen molar-refractivity contribution < 1.29 is 17.9 Å². The summed E-state index contributed by atoms with van der Waals surface area (Å²) < 4.78 is 30.3. The lowest BCUT2D eigenvalue weighted by Crippen LogP contribution is -2.30. The number of rotatable bonds is 5. The molecule has 1 aliphatic rings. The van der Waals surface area contributed by atoms with Gasteiger partial charge in [-0.2, -0.15) is 0 Å². The topological polar surface area (TPSA) is 116 Å². The molecular weight excluding hydrogens is 354 g/mol. The number of anilines is 1. The Hall–Kier alpha value is -2.58. The van der Waals surface area contributed by atoms with Crippen LogP contribution in [0, 0.1) is 0 Å². The van der Waals surface area contributed by atoms with Gasteiger partial charge in [0.2, 0.25) is 15.9 Å². The van der Waals surface area contributed by atoms with Crippen molar-refractivity contribution in [1.29, 1.82) is 0 Å². The minimum atomic E-state index is -4.13. The zero-order valence-corrected chi connectivity index (χ0v) is 15.0. The largest absolute Gasteiger partial charge is 0.454 e. The molecule has 0 aliphatic carbocycles. The van der Waals surface area contributed by atoms with Crippen LogP contribution >= 0.6 is 0 Å². The number of piperidine rings is 1. The van der Waals surface area contributed by atoms with Gasteiger partial charge in [-0.05, 0) is 43.5 Å². The highest BCUT2D eigenvalue weighted by Crippen LogP contribution is 2.40.